The van der Waals surface area contributed by atoms with Crippen molar-refractivity contribution in [1.29, 1.82) is 0 Å². The summed E-state index contributed by atoms with van der Waals surface area (Å²) in [6.45, 7) is 1.94. The molecule has 0 atom stereocenters. The van der Waals surface area contributed by atoms with Gasteiger partial charge in [-0.25, -0.2) is 15.0 Å². The minimum atomic E-state index is -0.279. The monoisotopic (exact) mass is 415 g/mol. The fraction of sp³-hybridized carbons (Fsp3) is 0.217. The second-order valence-electron chi connectivity index (χ2n) is 7.38. The van der Waals surface area contributed by atoms with E-state index in [0.717, 1.165) is 42.6 Å². The molecule has 0 spiro atoms. The van der Waals surface area contributed by atoms with Crippen LogP contribution in [-0.4, -0.2) is 40.1 Å². The summed E-state index contributed by atoms with van der Waals surface area (Å²) in [4.78, 5) is 25.3. The van der Waals surface area contributed by atoms with E-state index in [2.05, 4.69) is 25.6 Å². The van der Waals surface area contributed by atoms with Gasteiger partial charge in [0.05, 0.1) is 11.7 Å². The number of carbonyl (C=O) groups excluding carboxylic acids is 1. The van der Waals surface area contributed by atoms with Crippen LogP contribution < -0.4 is 15.4 Å². The first-order valence-electron chi connectivity index (χ1n) is 10.2. The molecule has 5 rings (SSSR count). The molecule has 2 N–H and O–H groups in total. The van der Waals surface area contributed by atoms with Crippen LogP contribution in [0.2, 0.25) is 0 Å². The van der Waals surface area contributed by atoms with Crippen LogP contribution in [0.5, 0.6) is 5.75 Å². The van der Waals surface area contributed by atoms with Crippen molar-refractivity contribution >= 4 is 22.8 Å². The molecule has 2 aromatic carbocycles. The number of ether oxygens (including phenoxy) is 1. The lowest BCUT2D eigenvalue weighted by molar-refractivity contribution is 0.102. The Kier molecular flexibility index (Phi) is 5.28. The highest BCUT2D eigenvalue weighted by Crippen LogP contribution is 2.23. The zero-order chi connectivity index (χ0) is 21.0. The van der Waals surface area contributed by atoms with Crippen molar-refractivity contribution in [3.63, 3.8) is 0 Å². The first-order chi connectivity index (χ1) is 15.2. The molecule has 31 heavy (non-hydrogen) atoms. The number of hydrogen-bond acceptors (Lipinski definition) is 7. The number of fused-ring (bicyclic) bond motifs is 1. The summed E-state index contributed by atoms with van der Waals surface area (Å²) in [7, 11) is 0. The fourth-order valence-electron chi connectivity index (χ4n) is 3.56. The second kappa shape index (κ2) is 8.53. The number of hydrogen-bond donors (Lipinski definition) is 2. The third-order valence-electron chi connectivity index (χ3n) is 5.23. The lowest BCUT2D eigenvalue weighted by atomic mass is 10.1. The van der Waals surface area contributed by atoms with Gasteiger partial charge < -0.3 is 14.5 Å². The predicted octanol–water partition coefficient (Wildman–Crippen LogP) is 3.67. The fourth-order valence-corrected chi connectivity index (χ4v) is 3.56. The van der Waals surface area contributed by atoms with Crippen molar-refractivity contribution in [2.45, 2.75) is 18.9 Å². The molecular weight excluding hydrogens is 394 g/mol. The van der Waals surface area contributed by atoms with Gasteiger partial charge in [-0.15, -0.1) is 0 Å². The summed E-state index contributed by atoms with van der Waals surface area (Å²) in [5.41, 5.74) is 2.06. The molecule has 0 radical (unpaired) electrons. The molecule has 0 aliphatic carbocycles. The highest BCUT2D eigenvalue weighted by molar-refractivity contribution is 6.03. The number of anilines is 1. The average Bonchev–Trinajstić information content (AvgIpc) is 3.35. The van der Waals surface area contributed by atoms with E-state index in [9.17, 15) is 4.79 Å². The van der Waals surface area contributed by atoms with Gasteiger partial charge in [-0.05, 0) is 56.3 Å². The third kappa shape index (κ3) is 4.39. The van der Waals surface area contributed by atoms with Gasteiger partial charge >= 0.3 is 0 Å². The van der Waals surface area contributed by atoms with Crippen molar-refractivity contribution in [3.05, 3.63) is 66.8 Å². The normalized spacial score (nSPS) is 14.5. The molecule has 8 heteroatoms. The average molecular weight is 415 g/mol. The van der Waals surface area contributed by atoms with Gasteiger partial charge in [0.1, 0.15) is 11.9 Å². The van der Waals surface area contributed by atoms with Crippen LogP contribution in [0.1, 0.15) is 23.2 Å². The maximum absolute atomic E-state index is 12.6. The molecule has 1 aliphatic rings. The molecule has 1 saturated heterocycles. The quantitative estimate of drug-likeness (QED) is 0.513. The van der Waals surface area contributed by atoms with E-state index in [-0.39, 0.29) is 18.0 Å². The number of oxazole rings is 1. The van der Waals surface area contributed by atoms with Crippen LogP contribution >= 0.6 is 0 Å². The predicted molar refractivity (Wildman–Crippen MR) is 116 cm³/mol. The Labute approximate surface area is 178 Å². The number of benzene rings is 2. The lowest BCUT2D eigenvalue weighted by Crippen LogP contribution is -2.34. The first kappa shape index (κ1) is 19.2. The Hall–Kier alpha value is -3.78. The van der Waals surface area contributed by atoms with Crippen molar-refractivity contribution in [2.75, 3.05) is 18.4 Å². The summed E-state index contributed by atoms with van der Waals surface area (Å²) in [5.74, 6) is 1.38. The van der Waals surface area contributed by atoms with Crippen LogP contribution in [0, 0.1) is 0 Å². The number of nitrogens with zero attached hydrogens (tertiary/aromatic N) is 3. The molecule has 0 bridgehead atoms. The molecule has 1 fully saturated rings. The number of amides is 1. The molecule has 1 aliphatic heterocycles. The van der Waals surface area contributed by atoms with E-state index in [1.165, 1.54) is 6.39 Å². The smallest absolute Gasteiger partial charge is 0.258 e. The van der Waals surface area contributed by atoms with E-state index < -0.39 is 0 Å². The number of piperidine rings is 1. The van der Waals surface area contributed by atoms with Crippen molar-refractivity contribution in [2.24, 2.45) is 0 Å². The Morgan fingerprint density at radius 3 is 2.71 bits per heavy atom. The molecule has 2 aromatic heterocycles. The van der Waals surface area contributed by atoms with E-state index >= 15 is 0 Å². The van der Waals surface area contributed by atoms with E-state index in [0.29, 0.717) is 16.8 Å². The maximum Gasteiger partial charge on any atom is 0.258 e. The highest BCUT2D eigenvalue weighted by atomic mass is 16.5. The minimum Gasteiger partial charge on any atom is -0.490 e. The van der Waals surface area contributed by atoms with Crippen molar-refractivity contribution in [1.82, 2.24) is 20.3 Å². The molecule has 4 aromatic rings. The topological polar surface area (TPSA) is 102 Å². The summed E-state index contributed by atoms with van der Waals surface area (Å²) in [5, 5.41) is 6.94. The summed E-state index contributed by atoms with van der Waals surface area (Å²) >= 11 is 0. The summed E-state index contributed by atoms with van der Waals surface area (Å²) in [6, 6.07) is 12.8. The summed E-state index contributed by atoms with van der Waals surface area (Å²) < 4.78 is 11.3. The Balaban J connectivity index is 1.29. The largest absolute Gasteiger partial charge is 0.490 e. The van der Waals surface area contributed by atoms with Crippen LogP contribution in [0.3, 0.4) is 0 Å². The molecule has 1 amide bonds. The van der Waals surface area contributed by atoms with Crippen molar-refractivity contribution in [3.8, 4) is 17.1 Å². The summed E-state index contributed by atoms with van der Waals surface area (Å²) in [6.07, 6.45) is 6.89. The Morgan fingerprint density at radius 1 is 1.10 bits per heavy atom. The molecule has 3 heterocycles. The van der Waals surface area contributed by atoms with Gasteiger partial charge in [0.25, 0.3) is 5.91 Å². The lowest BCUT2D eigenvalue weighted by Gasteiger charge is -2.23. The number of nitrogens with one attached hydrogen (secondary N) is 2. The van der Waals surface area contributed by atoms with E-state index in [1.807, 2.05) is 30.3 Å². The van der Waals surface area contributed by atoms with Gasteiger partial charge in [-0.1, -0.05) is 12.1 Å². The zero-order valence-corrected chi connectivity index (χ0v) is 16.7. The van der Waals surface area contributed by atoms with Gasteiger partial charge in [0.2, 0.25) is 5.95 Å². The number of aromatic nitrogens is 3. The Bertz CT molecular complexity index is 1190. The van der Waals surface area contributed by atoms with Crippen molar-refractivity contribution < 1.29 is 13.9 Å². The molecule has 0 unspecified atom stereocenters. The first-order valence-corrected chi connectivity index (χ1v) is 10.2. The van der Waals surface area contributed by atoms with Gasteiger partial charge in [0.15, 0.2) is 12.2 Å². The van der Waals surface area contributed by atoms with Gasteiger partial charge in [0, 0.05) is 22.7 Å². The SMILES string of the molecule is O=C(Nc1ncc2ccc(-c3cnco3)cc2n1)c1ccc(OC2CCNCC2)cc1. The van der Waals surface area contributed by atoms with E-state index in [1.54, 1.807) is 24.5 Å². The molecule has 156 valence electrons. The standard InChI is InChI=1S/C23H21N5O3/c29-22(15-3-5-18(6-4-15)31-19-7-9-24-10-8-19)28-23-26-12-17-2-1-16(11-20(17)27-23)21-13-25-14-30-21/h1-6,11-14,19,24H,7-10H2,(H,26,27,28,29). The van der Waals surface area contributed by atoms with Crippen LogP contribution in [-0.2, 0) is 0 Å². The van der Waals surface area contributed by atoms with E-state index in [4.69, 9.17) is 9.15 Å². The van der Waals surface area contributed by atoms with Crippen LogP contribution in [0.25, 0.3) is 22.2 Å². The second-order valence-corrected chi connectivity index (χ2v) is 7.38. The number of rotatable bonds is 5. The zero-order valence-electron chi connectivity index (χ0n) is 16.7. The van der Waals surface area contributed by atoms with Crippen LogP contribution in [0.15, 0.2) is 65.7 Å². The molecular formula is C23H21N5O3. The third-order valence-corrected chi connectivity index (χ3v) is 5.23. The maximum atomic E-state index is 12.6. The van der Waals surface area contributed by atoms with Gasteiger partial charge in [-0.2, -0.15) is 0 Å². The minimum absolute atomic E-state index is 0.216. The Morgan fingerprint density at radius 2 is 1.94 bits per heavy atom. The number of carbonyl (C=O) groups is 1. The van der Waals surface area contributed by atoms with Gasteiger partial charge in [-0.3, -0.25) is 10.1 Å². The molecule has 0 saturated carbocycles. The molecule has 8 nitrogen and oxygen atoms in total. The highest BCUT2D eigenvalue weighted by Gasteiger charge is 2.15. The van der Waals surface area contributed by atoms with Crippen LogP contribution in [0.4, 0.5) is 5.95 Å².